The molecule has 0 aliphatic carbocycles. The summed E-state index contributed by atoms with van der Waals surface area (Å²) in [7, 11) is 1.53. The molecule has 1 aliphatic rings. The van der Waals surface area contributed by atoms with Gasteiger partial charge in [0, 0.05) is 37.3 Å². The second-order valence-corrected chi connectivity index (χ2v) is 6.39. The summed E-state index contributed by atoms with van der Waals surface area (Å²) >= 11 is 0. The minimum atomic E-state index is -0.441. The zero-order chi connectivity index (χ0) is 20.1. The Hall–Kier alpha value is -3.09. The normalized spacial score (nSPS) is 14.0. The van der Waals surface area contributed by atoms with Crippen LogP contribution in [-0.2, 0) is 0 Å². The van der Waals surface area contributed by atoms with Crippen LogP contribution >= 0.6 is 0 Å². The van der Waals surface area contributed by atoms with Crippen molar-refractivity contribution in [1.29, 1.82) is 0 Å². The molecular weight excluding hydrogens is 363 g/mol. The van der Waals surface area contributed by atoms with E-state index in [0.29, 0.717) is 55.4 Å². The monoisotopic (exact) mass is 386 g/mol. The minimum Gasteiger partial charge on any atom is -0.493 e. The van der Waals surface area contributed by atoms with E-state index in [4.69, 9.17) is 9.47 Å². The number of carbonyl (C=O) groups excluding carboxylic acids is 2. The predicted octanol–water partition coefficient (Wildman–Crippen LogP) is 2.83. The summed E-state index contributed by atoms with van der Waals surface area (Å²) in [5.74, 6) is 0.303. The first-order valence-corrected chi connectivity index (χ1v) is 9.18. The van der Waals surface area contributed by atoms with Crippen LogP contribution in [0.5, 0.6) is 11.5 Å². The van der Waals surface area contributed by atoms with Crippen LogP contribution in [0.15, 0.2) is 42.5 Å². The van der Waals surface area contributed by atoms with E-state index in [2.05, 4.69) is 0 Å². The first kappa shape index (κ1) is 19.7. The lowest BCUT2D eigenvalue weighted by molar-refractivity contribution is 0.0535. The third-order valence-corrected chi connectivity index (χ3v) is 4.64. The maximum Gasteiger partial charge on any atom is 0.254 e. The van der Waals surface area contributed by atoms with Crippen molar-refractivity contribution < 1.29 is 23.5 Å². The Balaban J connectivity index is 1.64. The first-order valence-electron chi connectivity index (χ1n) is 9.18. The Morgan fingerprint density at radius 2 is 1.54 bits per heavy atom. The molecule has 2 amide bonds. The number of hydrogen-bond acceptors (Lipinski definition) is 4. The van der Waals surface area contributed by atoms with Crippen LogP contribution in [0.25, 0.3) is 0 Å². The van der Waals surface area contributed by atoms with E-state index in [9.17, 15) is 14.0 Å². The highest BCUT2D eigenvalue weighted by Crippen LogP contribution is 2.28. The number of benzene rings is 2. The zero-order valence-electron chi connectivity index (χ0n) is 16.0. The lowest BCUT2D eigenvalue weighted by atomic mass is 10.1. The smallest absolute Gasteiger partial charge is 0.254 e. The van der Waals surface area contributed by atoms with Crippen molar-refractivity contribution in [3.63, 3.8) is 0 Å². The molecule has 1 heterocycles. The van der Waals surface area contributed by atoms with Gasteiger partial charge in [0.15, 0.2) is 11.5 Å². The maximum atomic E-state index is 13.3. The van der Waals surface area contributed by atoms with Crippen LogP contribution < -0.4 is 9.47 Å². The second-order valence-electron chi connectivity index (χ2n) is 6.39. The number of nitrogens with zero attached hydrogens (tertiary/aromatic N) is 2. The first-order chi connectivity index (χ1) is 13.5. The molecule has 2 aromatic rings. The van der Waals surface area contributed by atoms with Gasteiger partial charge in [-0.25, -0.2) is 4.39 Å². The SMILES string of the molecule is CCOc1ccc(C(=O)N2CCN(C(=O)c3cccc(F)c3)CC2)cc1OC. The van der Waals surface area contributed by atoms with Gasteiger partial charge >= 0.3 is 0 Å². The highest BCUT2D eigenvalue weighted by molar-refractivity contribution is 5.96. The molecule has 1 aliphatic heterocycles. The third kappa shape index (κ3) is 4.24. The van der Waals surface area contributed by atoms with Crippen molar-refractivity contribution in [3.05, 3.63) is 59.4 Å². The fourth-order valence-corrected chi connectivity index (χ4v) is 3.17. The van der Waals surface area contributed by atoms with Crippen molar-refractivity contribution in [3.8, 4) is 11.5 Å². The van der Waals surface area contributed by atoms with Crippen LogP contribution in [0.2, 0.25) is 0 Å². The van der Waals surface area contributed by atoms with Crippen LogP contribution in [0.1, 0.15) is 27.6 Å². The summed E-state index contributed by atoms with van der Waals surface area (Å²) in [6, 6.07) is 10.7. The summed E-state index contributed by atoms with van der Waals surface area (Å²) in [6.45, 7) is 4.00. The molecule has 0 saturated carbocycles. The van der Waals surface area contributed by atoms with Gasteiger partial charge in [-0.05, 0) is 43.3 Å². The fraction of sp³-hybridized carbons (Fsp3) is 0.333. The van der Waals surface area contributed by atoms with Gasteiger partial charge < -0.3 is 19.3 Å². The van der Waals surface area contributed by atoms with Crippen LogP contribution in [0, 0.1) is 5.82 Å². The van der Waals surface area contributed by atoms with E-state index < -0.39 is 5.82 Å². The molecule has 0 atom stereocenters. The summed E-state index contributed by atoms with van der Waals surface area (Å²) in [6.07, 6.45) is 0. The number of carbonyl (C=O) groups is 2. The Morgan fingerprint density at radius 1 is 0.929 bits per heavy atom. The van der Waals surface area contributed by atoms with E-state index in [1.165, 1.54) is 25.3 Å². The molecule has 0 spiro atoms. The summed E-state index contributed by atoms with van der Waals surface area (Å²) in [5, 5.41) is 0. The number of halogens is 1. The van der Waals surface area contributed by atoms with E-state index in [0.717, 1.165) is 0 Å². The van der Waals surface area contributed by atoms with Gasteiger partial charge in [-0.15, -0.1) is 0 Å². The van der Waals surface area contributed by atoms with Gasteiger partial charge in [0.2, 0.25) is 0 Å². The molecule has 0 unspecified atom stereocenters. The lowest BCUT2D eigenvalue weighted by Crippen LogP contribution is -2.50. The van der Waals surface area contributed by atoms with E-state index >= 15 is 0 Å². The summed E-state index contributed by atoms with van der Waals surface area (Å²) in [5.41, 5.74) is 0.821. The van der Waals surface area contributed by atoms with Crippen molar-refractivity contribution >= 4 is 11.8 Å². The van der Waals surface area contributed by atoms with Crippen molar-refractivity contribution in [2.45, 2.75) is 6.92 Å². The van der Waals surface area contributed by atoms with Crippen molar-refractivity contribution in [2.75, 3.05) is 39.9 Å². The molecule has 0 N–H and O–H groups in total. The molecule has 1 saturated heterocycles. The van der Waals surface area contributed by atoms with Crippen LogP contribution in [0.4, 0.5) is 4.39 Å². The van der Waals surface area contributed by atoms with Gasteiger partial charge in [0.1, 0.15) is 5.82 Å². The molecule has 0 aromatic heterocycles. The molecule has 148 valence electrons. The Bertz CT molecular complexity index is 863. The Morgan fingerprint density at radius 3 is 2.07 bits per heavy atom. The van der Waals surface area contributed by atoms with E-state index in [-0.39, 0.29) is 11.8 Å². The number of piperazine rings is 1. The molecule has 28 heavy (non-hydrogen) atoms. The van der Waals surface area contributed by atoms with Gasteiger partial charge in [-0.1, -0.05) is 6.07 Å². The maximum absolute atomic E-state index is 13.3. The minimum absolute atomic E-state index is 0.126. The standard InChI is InChI=1S/C21H23FN2O4/c1-3-28-18-8-7-16(14-19(18)27-2)21(26)24-11-9-23(10-12-24)20(25)15-5-4-6-17(22)13-15/h4-8,13-14H,3,9-12H2,1-2H3. The van der Waals surface area contributed by atoms with Gasteiger partial charge in [-0.3, -0.25) is 9.59 Å². The van der Waals surface area contributed by atoms with Crippen LogP contribution in [-0.4, -0.2) is 61.5 Å². The molecular formula is C21H23FN2O4. The quantitative estimate of drug-likeness (QED) is 0.793. The highest BCUT2D eigenvalue weighted by Gasteiger charge is 2.26. The number of hydrogen-bond donors (Lipinski definition) is 0. The van der Waals surface area contributed by atoms with Crippen LogP contribution in [0.3, 0.4) is 0 Å². The van der Waals surface area contributed by atoms with E-state index in [1.807, 2.05) is 6.92 Å². The van der Waals surface area contributed by atoms with Gasteiger partial charge in [-0.2, -0.15) is 0 Å². The largest absolute Gasteiger partial charge is 0.493 e. The number of ether oxygens (including phenoxy) is 2. The molecule has 6 nitrogen and oxygen atoms in total. The fourth-order valence-electron chi connectivity index (χ4n) is 3.17. The molecule has 2 aromatic carbocycles. The van der Waals surface area contributed by atoms with Gasteiger partial charge in [0.25, 0.3) is 11.8 Å². The second kappa shape index (κ2) is 8.73. The number of methoxy groups -OCH3 is 1. The Kier molecular flexibility index (Phi) is 6.13. The number of amides is 2. The number of rotatable bonds is 5. The van der Waals surface area contributed by atoms with Crippen molar-refractivity contribution in [2.24, 2.45) is 0 Å². The molecule has 7 heteroatoms. The Labute approximate surface area is 163 Å². The third-order valence-electron chi connectivity index (χ3n) is 4.64. The lowest BCUT2D eigenvalue weighted by Gasteiger charge is -2.35. The topological polar surface area (TPSA) is 59.1 Å². The summed E-state index contributed by atoms with van der Waals surface area (Å²) < 4.78 is 24.1. The van der Waals surface area contributed by atoms with E-state index in [1.54, 1.807) is 34.1 Å². The molecule has 0 bridgehead atoms. The molecule has 3 rings (SSSR count). The zero-order valence-corrected chi connectivity index (χ0v) is 16.0. The van der Waals surface area contributed by atoms with Crippen molar-refractivity contribution in [1.82, 2.24) is 9.80 Å². The highest BCUT2D eigenvalue weighted by atomic mass is 19.1. The molecule has 1 fully saturated rings. The predicted molar refractivity (Wildman–Crippen MR) is 102 cm³/mol. The average molecular weight is 386 g/mol. The summed E-state index contributed by atoms with van der Waals surface area (Å²) in [4.78, 5) is 28.6. The molecule has 0 radical (unpaired) electrons. The average Bonchev–Trinajstić information content (AvgIpc) is 2.73. The van der Waals surface area contributed by atoms with Gasteiger partial charge in [0.05, 0.1) is 13.7 Å².